The van der Waals surface area contributed by atoms with E-state index in [2.05, 4.69) is 41.7 Å². The molecule has 20 heavy (non-hydrogen) atoms. The van der Waals surface area contributed by atoms with Crippen LogP contribution in [0.3, 0.4) is 0 Å². The molecule has 0 saturated carbocycles. The molecule has 1 atom stereocenters. The van der Waals surface area contributed by atoms with Gasteiger partial charge in [-0.1, -0.05) is 25.1 Å². The molecule has 1 N–H and O–H groups in total. The molecular formula is C16H17N3S. The first-order valence-electron chi connectivity index (χ1n) is 6.85. The fourth-order valence-corrected chi connectivity index (χ4v) is 2.70. The zero-order chi connectivity index (χ0) is 13.9. The molecule has 4 heteroatoms. The maximum Gasteiger partial charge on any atom is 0.172 e. The van der Waals surface area contributed by atoms with E-state index in [4.69, 9.17) is 4.98 Å². The number of hydrogen-bond acceptors (Lipinski definition) is 4. The van der Waals surface area contributed by atoms with Crippen LogP contribution in [0, 0.1) is 0 Å². The molecule has 3 rings (SSSR count). The maximum absolute atomic E-state index is 4.72. The summed E-state index contributed by atoms with van der Waals surface area (Å²) in [7, 11) is 0. The lowest BCUT2D eigenvalue weighted by Gasteiger charge is -2.14. The van der Waals surface area contributed by atoms with Crippen LogP contribution in [0.5, 0.6) is 0 Å². The Balaban J connectivity index is 2.15. The summed E-state index contributed by atoms with van der Waals surface area (Å²) < 4.78 is 0. The molecule has 3 aromatic rings. The van der Waals surface area contributed by atoms with Crippen molar-refractivity contribution in [2.24, 2.45) is 0 Å². The Labute approximate surface area is 122 Å². The average Bonchev–Trinajstić information content (AvgIpc) is 3.01. The lowest BCUT2D eigenvalue weighted by atomic mass is 10.2. The smallest absolute Gasteiger partial charge is 0.172 e. The predicted molar refractivity (Wildman–Crippen MR) is 86.2 cm³/mol. The molecule has 0 saturated heterocycles. The highest BCUT2D eigenvalue weighted by atomic mass is 32.1. The monoisotopic (exact) mass is 283 g/mol. The minimum Gasteiger partial charge on any atom is -0.367 e. The van der Waals surface area contributed by atoms with Crippen LogP contribution < -0.4 is 5.32 Å². The predicted octanol–water partition coefficient (Wildman–Crippen LogP) is 4.57. The molecule has 0 fully saturated rings. The Bertz CT molecular complexity index is 707. The summed E-state index contributed by atoms with van der Waals surface area (Å²) in [6.45, 7) is 4.34. The first kappa shape index (κ1) is 13.1. The van der Waals surface area contributed by atoms with Crippen molar-refractivity contribution in [2.45, 2.75) is 26.3 Å². The number of nitrogens with zero attached hydrogens (tertiary/aromatic N) is 2. The molecule has 0 spiro atoms. The van der Waals surface area contributed by atoms with Gasteiger partial charge in [-0.15, -0.1) is 11.3 Å². The van der Waals surface area contributed by atoms with E-state index in [1.165, 1.54) is 0 Å². The topological polar surface area (TPSA) is 37.8 Å². The number of anilines is 1. The van der Waals surface area contributed by atoms with E-state index in [0.717, 1.165) is 33.8 Å². The summed E-state index contributed by atoms with van der Waals surface area (Å²) in [5.74, 6) is 1.72. The normalized spacial score (nSPS) is 12.5. The minimum atomic E-state index is 0.393. The highest BCUT2D eigenvalue weighted by molar-refractivity contribution is 7.13. The lowest BCUT2D eigenvalue weighted by Crippen LogP contribution is -2.15. The minimum absolute atomic E-state index is 0.393. The quantitative estimate of drug-likeness (QED) is 0.762. The van der Waals surface area contributed by atoms with E-state index in [1.54, 1.807) is 11.3 Å². The molecule has 0 amide bonds. The second kappa shape index (κ2) is 5.59. The Morgan fingerprint density at radius 3 is 2.75 bits per heavy atom. The van der Waals surface area contributed by atoms with Gasteiger partial charge in [-0.2, -0.15) is 0 Å². The first-order valence-corrected chi connectivity index (χ1v) is 7.73. The second-order valence-electron chi connectivity index (χ2n) is 4.84. The summed E-state index contributed by atoms with van der Waals surface area (Å²) >= 11 is 1.67. The number of para-hydroxylation sites is 1. The standard InChI is InChI=1S/C16H17N3S/c1-3-11(2)17-15-12-7-4-5-8-13(12)18-16(19-15)14-9-6-10-20-14/h4-11H,3H2,1-2H3,(H,17,18,19)/t11-/m1/s1. The summed E-state index contributed by atoms with van der Waals surface area (Å²) in [6.07, 6.45) is 1.06. The van der Waals surface area contributed by atoms with Crippen LogP contribution in [0.15, 0.2) is 41.8 Å². The number of nitrogens with one attached hydrogen (secondary N) is 1. The van der Waals surface area contributed by atoms with Gasteiger partial charge >= 0.3 is 0 Å². The molecule has 0 unspecified atom stereocenters. The molecule has 2 heterocycles. The fourth-order valence-electron chi connectivity index (χ4n) is 2.04. The number of thiophene rings is 1. The van der Waals surface area contributed by atoms with Gasteiger partial charge in [0, 0.05) is 11.4 Å². The summed E-state index contributed by atoms with van der Waals surface area (Å²) in [5, 5.41) is 6.62. The molecule has 0 aliphatic heterocycles. The Morgan fingerprint density at radius 1 is 1.15 bits per heavy atom. The molecule has 3 nitrogen and oxygen atoms in total. The van der Waals surface area contributed by atoms with Crippen LogP contribution in [-0.4, -0.2) is 16.0 Å². The number of fused-ring (bicyclic) bond motifs is 1. The zero-order valence-corrected chi connectivity index (χ0v) is 12.4. The SMILES string of the molecule is CC[C@@H](C)Nc1nc(-c2cccs2)nc2ccccc12. The van der Waals surface area contributed by atoms with Crippen LogP contribution in [0.2, 0.25) is 0 Å². The summed E-state index contributed by atoms with van der Waals surface area (Å²) in [4.78, 5) is 10.5. The van der Waals surface area contributed by atoms with Gasteiger partial charge in [0.15, 0.2) is 5.82 Å². The van der Waals surface area contributed by atoms with Crippen molar-refractivity contribution in [1.82, 2.24) is 9.97 Å². The van der Waals surface area contributed by atoms with Crippen molar-refractivity contribution in [2.75, 3.05) is 5.32 Å². The van der Waals surface area contributed by atoms with Crippen molar-refractivity contribution in [3.63, 3.8) is 0 Å². The number of hydrogen-bond donors (Lipinski definition) is 1. The van der Waals surface area contributed by atoms with Crippen LogP contribution in [0.1, 0.15) is 20.3 Å². The van der Waals surface area contributed by atoms with Crippen molar-refractivity contribution >= 4 is 28.1 Å². The van der Waals surface area contributed by atoms with Crippen LogP contribution in [0.4, 0.5) is 5.82 Å². The van der Waals surface area contributed by atoms with Gasteiger partial charge in [-0.25, -0.2) is 9.97 Å². The maximum atomic E-state index is 4.72. The van der Waals surface area contributed by atoms with Crippen molar-refractivity contribution < 1.29 is 0 Å². The first-order chi connectivity index (χ1) is 9.78. The summed E-state index contributed by atoms with van der Waals surface area (Å²) in [5.41, 5.74) is 0.983. The van der Waals surface area contributed by atoms with Gasteiger partial charge in [0.2, 0.25) is 0 Å². The van der Waals surface area contributed by atoms with Gasteiger partial charge in [0.05, 0.1) is 10.4 Å². The zero-order valence-electron chi connectivity index (χ0n) is 11.6. The van der Waals surface area contributed by atoms with Gasteiger partial charge in [-0.3, -0.25) is 0 Å². The summed E-state index contributed by atoms with van der Waals surface area (Å²) in [6, 6.07) is 12.6. The largest absolute Gasteiger partial charge is 0.367 e. The third-order valence-corrected chi connectivity index (χ3v) is 4.21. The van der Waals surface area contributed by atoms with Gasteiger partial charge < -0.3 is 5.32 Å². The molecule has 0 aliphatic rings. The number of rotatable bonds is 4. The Hall–Kier alpha value is -1.94. The third kappa shape index (κ3) is 2.51. The molecule has 0 bridgehead atoms. The van der Waals surface area contributed by atoms with E-state index in [9.17, 15) is 0 Å². The Kier molecular flexibility index (Phi) is 3.65. The highest BCUT2D eigenvalue weighted by Gasteiger charge is 2.11. The molecule has 1 aromatic carbocycles. The molecule has 102 valence electrons. The third-order valence-electron chi connectivity index (χ3n) is 3.34. The average molecular weight is 283 g/mol. The van der Waals surface area contributed by atoms with Gasteiger partial charge in [-0.05, 0) is 36.9 Å². The number of benzene rings is 1. The van der Waals surface area contributed by atoms with E-state index in [1.807, 2.05) is 24.3 Å². The van der Waals surface area contributed by atoms with E-state index in [0.29, 0.717) is 6.04 Å². The van der Waals surface area contributed by atoms with Crippen LogP contribution >= 0.6 is 11.3 Å². The number of aromatic nitrogens is 2. The fraction of sp³-hybridized carbons (Fsp3) is 0.250. The molecule has 0 aliphatic carbocycles. The highest BCUT2D eigenvalue weighted by Crippen LogP contribution is 2.27. The second-order valence-corrected chi connectivity index (χ2v) is 5.79. The lowest BCUT2D eigenvalue weighted by molar-refractivity contribution is 0.760. The van der Waals surface area contributed by atoms with Crippen LogP contribution in [0.25, 0.3) is 21.6 Å². The van der Waals surface area contributed by atoms with Crippen molar-refractivity contribution in [3.8, 4) is 10.7 Å². The molecular weight excluding hydrogens is 266 g/mol. The van der Waals surface area contributed by atoms with Gasteiger partial charge in [0.1, 0.15) is 5.82 Å². The van der Waals surface area contributed by atoms with Crippen molar-refractivity contribution in [3.05, 3.63) is 41.8 Å². The van der Waals surface area contributed by atoms with Gasteiger partial charge in [0.25, 0.3) is 0 Å². The van der Waals surface area contributed by atoms with E-state index in [-0.39, 0.29) is 0 Å². The Morgan fingerprint density at radius 2 is 2.00 bits per heavy atom. The van der Waals surface area contributed by atoms with Crippen molar-refractivity contribution in [1.29, 1.82) is 0 Å². The van der Waals surface area contributed by atoms with Crippen LogP contribution in [-0.2, 0) is 0 Å². The van der Waals surface area contributed by atoms with E-state index >= 15 is 0 Å². The molecule has 2 aromatic heterocycles. The van der Waals surface area contributed by atoms with E-state index < -0.39 is 0 Å². The molecule has 0 radical (unpaired) electrons.